The summed E-state index contributed by atoms with van der Waals surface area (Å²) in [5.41, 5.74) is -3.20. The molecule has 0 aliphatic carbocycles. The monoisotopic (exact) mass is 590 g/mol. The fourth-order valence-electron chi connectivity index (χ4n) is 2.96. The van der Waals surface area contributed by atoms with Crippen LogP contribution in [0.5, 0.6) is 0 Å². The van der Waals surface area contributed by atoms with Crippen LogP contribution >= 0.6 is 0 Å². The van der Waals surface area contributed by atoms with Gasteiger partial charge in [0.2, 0.25) is 0 Å². The number of carbonyl (C=O) groups excluding carboxylic acids is 8. The van der Waals surface area contributed by atoms with Gasteiger partial charge in [0.05, 0.1) is 37.3 Å². The molecule has 0 unspecified atom stereocenters. The molecule has 41 heavy (non-hydrogen) atoms. The van der Waals surface area contributed by atoms with Crippen molar-refractivity contribution in [1.82, 2.24) is 0 Å². The van der Waals surface area contributed by atoms with Crippen LogP contribution in [0.15, 0.2) is 0 Å². The lowest BCUT2D eigenvalue weighted by molar-refractivity contribution is -0.167. The van der Waals surface area contributed by atoms with Crippen molar-refractivity contribution in [2.45, 2.75) is 53.4 Å². The summed E-state index contributed by atoms with van der Waals surface area (Å²) in [6, 6.07) is 0. The van der Waals surface area contributed by atoms with Crippen molar-refractivity contribution in [3.8, 4) is 0 Å². The zero-order valence-electron chi connectivity index (χ0n) is 23.7. The number of esters is 4. The molecule has 0 aromatic heterocycles. The Morgan fingerprint density at radius 3 is 0.829 bits per heavy atom. The second kappa shape index (κ2) is 18.7. The maximum atomic E-state index is 11.9. The van der Waals surface area contributed by atoms with E-state index in [2.05, 4.69) is 0 Å². The molecule has 0 bridgehead atoms. The van der Waals surface area contributed by atoms with E-state index >= 15 is 0 Å². The summed E-state index contributed by atoms with van der Waals surface area (Å²) in [5, 5.41) is 20.2. The standard InChI is InChI=1S/C26H38O15/c1-17(29)5-21(33)38-13-25(9-27,14-39-22(34)6-18(2)30)11-37-12-26(10-28,15-40-23(35)7-19(3)31)16-41-24(36)8-20(4)32/h27-28H,5-16H2,1-4H3. The zero-order chi connectivity index (χ0) is 31.6. The molecule has 0 radical (unpaired) electrons. The van der Waals surface area contributed by atoms with Crippen molar-refractivity contribution in [2.75, 3.05) is 52.9 Å². The quantitative estimate of drug-likeness (QED) is 0.0881. The van der Waals surface area contributed by atoms with Crippen molar-refractivity contribution < 1.29 is 72.3 Å². The van der Waals surface area contributed by atoms with Gasteiger partial charge in [-0.05, 0) is 27.7 Å². The highest BCUT2D eigenvalue weighted by Gasteiger charge is 2.38. The molecule has 0 amide bonds. The van der Waals surface area contributed by atoms with Crippen molar-refractivity contribution in [3.63, 3.8) is 0 Å². The number of ether oxygens (including phenoxy) is 5. The van der Waals surface area contributed by atoms with Crippen molar-refractivity contribution in [1.29, 1.82) is 0 Å². The first-order valence-electron chi connectivity index (χ1n) is 12.5. The molecule has 0 aliphatic heterocycles. The molecular formula is C26H38O15. The summed E-state index contributed by atoms with van der Waals surface area (Å²) in [6.45, 7) is -0.269. The Balaban J connectivity index is 5.79. The van der Waals surface area contributed by atoms with E-state index in [1.807, 2.05) is 0 Å². The van der Waals surface area contributed by atoms with Gasteiger partial charge < -0.3 is 33.9 Å². The van der Waals surface area contributed by atoms with Crippen LogP contribution in [-0.2, 0) is 62.0 Å². The van der Waals surface area contributed by atoms with Crippen LogP contribution in [0.1, 0.15) is 53.4 Å². The molecule has 0 spiro atoms. The molecule has 0 aromatic rings. The van der Waals surface area contributed by atoms with Crippen molar-refractivity contribution in [2.24, 2.45) is 10.8 Å². The smallest absolute Gasteiger partial charge is 0.313 e. The molecule has 0 rings (SSSR count). The third kappa shape index (κ3) is 17.0. The van der Waals surface area contributed by atoms with E-state index in [0.717, 1.165) is 27.7 Å². The number of hydrogen-bond donors (Lipinski definition) is 2. The summed E-state index contributed by atoms with van der Waals surface area (Å²) >= 11 is 0. The summed E-state index contributed by atoms with van der Waals surface area (Å²) < 4.78 is 25.9. The fraction of sp³-hybridized carbons (Fsp3) is 0.692. The molecule has 0 heterocycles. The van der Waals surface area contributed by atoms with Crippen LogP contribution in [-0.4, -0.2) is 110 Å². The van der Waals surface area contributed by atoms with E-state index in [9.17, 15) is 48.6 Å². The van der Waals surface area contributed by atoms with Gasteiger partial charge in [-0.1, -0.05) is 0 Å². The number of rotatable bonds is 22. The van der Waals surface area contributed by atoms with E-state index in [-0.39, 0.29) is 0 Å². The van der Waals surface area contributed by atoms with E-state index < -0.39 is 136 Å². The molecule has 0 saturated heterocycles. The molecule has 15 nitrogen and oxygen atoms in total. The predicted molar refractivity (Wildman–Crippen MR) is 135 cm³/mol. The molecule has 232 valence electrons. The van der Waals surface area contributed by atoms with Gasteiger partial charge in [0.25, 0.3) is 0 Å². The van der Waals surface area contributed by atoms with Crippen LogP contribution in [0.2, 0.25) is 0 Å². The average Bonchev–Trinajstić information content (AvgIpc) is 2.85. The van der Waals surface area contributed by atoms with E-state index in [4.69, 9.17) is 23.7 Å². The van der Waals surface area contributed by atoms with Gasteiger partial charge >= 0.3 is 23.9 Å². The van der Waals surface area contributed by atoms with Gasteiger partial charge in [-0.15, -0.1) is 0 Å². The molecule has 0 fully saturated rings. The molecule has 0 aliphatic rings. The minimum Gasteiger partial charge on any atom is -0.464 e. The lowest BCUT2D eigenvalue weighted by atomic mass is 9.90. The largest absolute Gasteiger partial charge is 0.464 e. The number of carbonyl (C=O) groups is 8. The Morgan fingerprint density at radius 2 is 0.659 bits per heavy atom. The number of aliphatic hydroxyl groups excluding tert-OH is 2. The zero-order valence-corrected chi connectivity index (χ0v) is 23.7. The fourth-order valence-corrected chi connectivity index (χ4v) is 2.96. The molecule has 0 atom stereocenters. The van der Waals surface area contributed by atoms with E-state index in [1.54, 1.807) is 0 Å². The summed E-state index contributed by atoms with van der Waals surface area (Å²) in [7, 11) is 0. The topological polar surface area (TPSA) is 223 Å². The Bertz CT molecular complexity index is 828. The highest BCUT2D eigenvalue weighted by Crippen LogP contribution is 2.24. The van der Waals surface area contributed by atoms with E-state index in [1.165, 1.54) is 0 Å². The molecular weight excluding hydrogens is 552 g/mol. The third-order valence-corrected chi connectivity index (χ3v) is 5.22. The number of hydrogen-bond acceptors (Lipinski definition) is 15. The van der Waals surface area contributed by atoms with Crippen LogP contribution in [0, 0.1) is 10.8 Å². The SMILES string of the molecule is CC(=O)CC(=O)OCC(CO)(COCC(CO)(COC(=O)CC(C)=O)COC(=O)CC(C)=O)COC(=O)CC(C)=O. The van der Waals surface area contributed by atoms with Crippen LogP contribution in [0.25, 0.3) is 0 Å². The Labute approximate surface area is 236 Å². The van der Waals surface area contributed by atoms with Gasteiger partial charge in [0.15, 0.2) is 0 Å². The highest BCUT2D eigenvalue weighted by atomic mass is 16.6. The minimum absolute atomic E-state index is 0.486. The number of ketones is 4. The van der Waals surface area contributed by atoms with Gasteiger partial charge in [-0.3, -0.25) is 38.4 Å². The number of Topliss-reactive ketones (excluding diaryl/α,β-unsaturated/α-hetero) is 4. The first-order valence-corrected chi connectivity index (χ1v) is 12.5. The number of aliphatic hydroxyl groups is 2. The Hall–Kier alpha value is -3.56. The Morgan fingerprint density at radius 1 is 0.439 bits per heavy atom. The van der Waals surface area contributed by atoms with E-state index in [0.29, 0.717) is 0 Å². The summed E-state index contributed by atoms with van der Waals surface area (Å²) in [4.78, 5) is 92.6. The van der Waals surface area contributed by atoms with Gasteiger partial charge in [0, 0.05) is 0 Å². The lowest BCUT2D eigenvalue weighted by Crippen LogP contribution is -2.46. The lowest BCUT2D eigenvalue weighted by Gasteiger charge is -2.34. The van der Waals surface area contributed by atoms with Gasteiger partial charge in [-0.2, -0.15) is 0 Å². The second-order valence-electron chi connectivity index (χ2n) is 9.97. The first-order chi connectivity index (χ1) is 19.1. The molecule has 0 saturated carbocycles. The van der Waals surface area contributed by atoms with Crippen molar-refractivity contribution in [3.05, 3.63) is 0 Å². The molecule has 15 heteroatoms. The third-order valence-electron chi connectivity index (χ3n) is 5.22. The maximum Gasteiger partial charge on any atom is 0.313 e. The van der Waals surface area contributed by atoms with Crippen LogP contribution in [0.4, 0.5) is 0 Å². The Kier molecular flexibility index (Phi) is 17.1. The van der Waals surface area contributed by atoms with Crippen LogP contribution < -0.4 is 0 Å². The predicted octanol–water partition coefficient (Wildman–Crippen LogP) is -0.950. The van der Waals surface area contributed by atoms with Crippen LogP contribution in [0.3, 0.4) is 0 Å². The maximum absolute atomic E-state index is 11.9. The van der Waals surface area contributed by atoms with Gasteiger partial charge in [-0.25, -0.2) is 0 Å². The van der Waals surface area contributed by atoms with Crippen molar-refractivity contribution >= 4 is 47.0 Å². The molecule has 0 aromatic carbocycles. The molecule has 2 N–H and O–H groups in total. The first kappa shape index (κ1) is 37.4. The second-order valence-corrected chi connectivity index (χ2v) is 9.97. The highest BCUT2D eigenvalue weighted by molar-refractivity contribution is 5.95. The normalized spacial score (nSPS) is 11.3. The van der Waals surface area contributed by atoms with Gasteiger partial charge in [0.1, 0.15) is 75.2 Å². The minimum atomic E-state index is -1.60. The average molecular weight is 591 g/mol. The summed E-state index contributed by atoms with van der Waals surface area (Å²) in [5.74, 6) is -5.65. The summed E-state index contributed by atoms with van der Waals surface area (Å²) in [6.07, 6.45) is -2.23.